The Kier molecular flexibility index (Phi) is 5.73. The second-order valence-corrected chi connectivity index (χ2v) is 5.40. The zero-order valence-electron chi connectivity index (χ0n) is 11.7. The maximum atomic E-state index is 10.8. The number of phenolic OH excluding ortho intramolecular Hbond substituents is 1. The van der Waals surface area contributed by atoms with Gasteiger partial charge in [0.1, 0.15) is 5.75 Å². The van der Waals surface area contributed by atoms with Gasteiger partial charge in [0.05, 0.1) is 6.10 Å². The van der Waals surface area contributed by atoms with Crippen molar-refractivity contribution in [1.82, 2.24) is 5.48 Å². The fourth-order valence-electron chi connectivity index (χ4n) is 1.93. The van der Waals surface area contributed by atoms with Crippen LogP contribution in [0.3, 0.4) is 0 Å². The van der Waals surface area contributed by atoms with E-state index in [1.807, 2.05) is 13.8 Å². The van der Waals surface area contributed by atoms with Gasteiger partial charge < -0.3 is 10.2 Å². The highest BCUT2D eigenvalue weighted by Gasteiger charge is 2.28. The van der Waals surface area contributed by atoms with E-state index in [-0.39, 0.29) is 11.2 Å². The summed E-state index contributed by atoms with van der Waals surface area (Å²) in [6.45, 7) is 3.87. The molecule has 20 heavy (non-hydrogen) atoms. The summed E-state index contributed by atoms with van der Waals surface area (Å²) in [4.78, 5) is 10.8. The third kappa shape index (κ3) is 4.68. The van der Waals surface area contributed by atoms with Crippen molar-refractivity contribution in [1.29, 1.82) is 0 Å². The van der Waals surface area contributed by atoms with Gasteiger partial charge >= 0.3 is 0 Å². The predicted octanol–water partition coefficient (Wildman–Crippen LogP) is 2.29. The van der Waals surface area contributed by atoms with E-state index in [0.29, 0.717) is 12.8 Å². The molecule has 0 radical (unpaired) electrons. The van der Waals surface area contributed by atoms with Gasteiger partial charge in [0.15, 0.2) is 0 Å². The molecule has 0 heterocycles. The van der Waals surface area contributed by atoms with Crippen LogP contribution in [0.1, 0.15) is 38.4 Å². The Morgan fingerprint density at radius 2 is 1.95 bits per heavy atom. The molecule has 1 aromatic carbocycles. The van der Waals surface area contributed by atoms with Crippen molar-refractivity contribution in [2.75, 3.05) is 0 Å². The number of aliphatic hydroxyl groups is 1. The molecule has 0 aliphatic heterocycles. The van der Waals surface area contributed by atoms with Crippen molar-refractivity contribution in [3.8, 4) is 5.75 Å². The Hall–Kier alpha value is -1.85. The number of nitrogens with one attached hydrogen (secondary N) is 1. The molecular weight excluding hydrogens is 258 g/mol. The van der Waals surface area contributed by atoms with E-state index in [4.69, 9.17) is 5.21 Å². The summed E-state index contributed by atoms with van der Waals surface area (Å²) in [5.74, 6) is -0.404. The number of carbonyl (C=O) groups excluding carboxylic acids is 1. The number of amides is 1. The molecule has 0 unspecified atom stereocenters. The molecule has 5 heteroatoms. The monoisotopic (exact) mass is 279 g/mol. The van der Waals surface area contributed by atoms with Crippen LogP contribution >= 0.6 is 0 Å². The lowest BCUT2D eigenvalue weighted by Crippen LogP contribution is -2.22. The van der Waals surface area contributed by atoms with Crippen LogP contribution < -0.4 is 5.48 Å². The lowest BCUT2D eigenvalue weighted by molar-refractivity contribution is -0.124. The number of hydrogen-bond acceptors (Lipinski definition) is 4. The SMILES string of the molecule is CC(C)(CC/C=C/C(=O)NO)[C@H](O)c1ccc(O)cc1. The summed E-state index contributed by atoms with van der Waals surface area (Å²) in [6, 6.07) is 6.47. The molecule has 0 aliphatic rings. The number of benzene rings is 1. The summed E-state index contributed by atoms with van der Waals surface area (Å²) in [7, 11) is 0. The zero-order valence-corrected chi connectivity index (χ0v) is 11.7. The molecule has 1 aromatic rings. The van der Waals surface area contributed by atoms with Crippen LogP contribution in [0.5, 0.6) is 5.75 Å². The molecule has 0 saturated carbocycles. The fraction of sp³-hybridized carbons (Fsp3) is 0.400. The molecule has 1 amide bonds. The fourth-order valence-corrected chi connectivity index (χ4v) is 1.93. The second kappa shape index (κ2) is 7.07. The highest BCUT2D eigenvalue weighted by atomic mass is 16.5. The first-order valence-electron chi connectivity index (χ1n) is 6.44. The van der Waals surface area contributed by atoms with E-state index >= 15 is 0 Å². The Morgan fingerprint density at radius 3 is 2.50 bits per heavy atom. The topological polar surface area (TPSA) is 89.8 Å². The Labute approximate surface area is 118 Å². The molecule has 4 N–H and O–H groups in total. The minimum absolute atomic E-state index is 0.164. The summed E-state index contributed by atoms with van der Waals surface area (Å²) >= 11 is 0. The van der Waals surface area contributed by atoms with E-state index in [9.17, 15) is 15.0 Å². The number of hydrogen-bond donors (Lipinski definition) is 4. The third-order valence-corrected chi connectivity index (χ3v) is 3.28. The largest absolute Gasteiger partial charge is 0.508 e. The number of aliphatic hydroxyl groups excluding tert-OH is 1. The molecule has 0 bridgehead atoms. The summed E-state index contributed by atoms with van der Waals surface area (Å²) in [5, 5.41) is 28.0. The maximum Gasteiger partial charge on any atom is 0.267 e. The zero-order chi connectivity index (χ0) is 15.2. The van der Waals surface area contributed by atoms with Crippen LogP contribution in [0.4, 0.5) is 0 Å². The summed E-state index contributed by atoms with van der Waals surface area (Å²) in [5.41, 5.74) is 1.88. The smallest absolute Gasteiger partial charge is 0.267 e. The normalized spacial score (nSPS) is 13.4. The molecule has 110 valence electrons. The van der Waals surface area contributed by atoms with Crippen LogP contribution in [0, 0.1) is 5.41 Å². The highest BCUT2D eigenvalue weighted by molar-refractivity contribution is 5.86. The van der Waals surface area contributed by atoms with Gasteiger partial charge in [-0.15, -0.1) is 0 Å². The van der Waals surface area contributed by atoms with E-state index in [1.165, 1.54) is 11.6 Å². The quantitative estimate of drug-likeness (QED) is 0.365. The van der Waals surface area contributed by atoms with Crippen LogP contribution in [0.25, 0.3) is 0 Å². The molecule has 0 fully saturated rings. The minimum atomic E-state index is -0.664. The van der Waals surface area contributed by atoms with Gasteiger partial charge in [-0.05, 0) is 36.0 Å². The van der Waals surface area contributed by atoms with Gasteiger partial charge in [0.25, 0.3) is 5.91 Å². The van der Waals surface area contributed by atoms with E-state index in [1.54, 1.807) is 30.3 Å². The Balaban J connectivity index is 2.61. The number of allylic oxidation sites excluding steroid dienone is 1. The number of rotatable bonds is 6. The predicted molar refractivity (Wildman–Crippen MR) is 75.2 cm³/mol. The lowest BCUT2D eigenvalue weighted by Gasteiger charge is -2.30. The second-order valence-electron chi connectivity index (χ2n) is 5.40. The van der Waals surface area contributed by atoms with Crippen LogP contribution in [0.15, 0.2) is 36.4 Å². The number of aromatic hydroxyl groups is 1. The number of phenols is 1. The van der Waals surface area contributed by atoms with Gasteiger partial charge in [0, 0.05) is 6.08 Å². The first-order valence-corrected chi connectivity index (χ1v) is 6.44. The maximum absolute atomic E-state index is 10.8. The number of hydroxylamine groups is 1. The Bertz CT molecular complexity index is 465. The van der Waals surface area contributed by atoms with Crippen molar-refractivity contribution >= 4 is 5.91 Å². The molecule has 0 saturated heterocycles. The van der Waals surface area contributed by atoms with Gasteiger partial charge in [-0.3, -0.25) is 10.0 Å². The average Bonchev–Trinajstić information content (AvgIpc) is 2.43. The lowest BCUT2D eigenvalue weighted by atomic mass is 9.79. The van der Waals surface area contributed by atoms with Crippen molar-refractivity contribution in [3.05, 3.63) is 42.0 Å². The van der Waals surface area contributed by atoms with Gasteiger partial charge in [-0.1, -0.05) is 32.1 Å². The molecule has 5 nitrogen and oxygen atoms in total. The van der Waals surface area contributed by atoms with E-state index in [2.05, 4.69) is 0 Å². The molecule has 0 spiro atoms. The molecule has 0 aliphatic carbocycles. The van der Waals surface area contributed by atoms with Crippen LogP contribution in [0.2, 0.25) is 0 Å². The third-order valence-electron chi connectivity index (χ3n) is 3.28. The summed E-state index contributed by atoms with van der Waals surface area (Å²) in [6.07, 6.45) is 3.52. The first kappa shape index (κ1) is 16.2. The van der Waals surface area contributed by atoms with Crippen molar-refractivity contribution in [2.45, 2.75) is 32.8 Å². The number of carbonyl (C=O) groups is 1. The Morgan fingerprint density at radius 1 is 1.35 bits per heavy atom. The average molecular weight is 279 g/mol. The van der Waals surface area contributed by atoms with Crippen molar-refractivity contribution < 1.29 is 20.2 Å². The molecule has 1 rings (SSSR count). The van der Waals surface area contributed by atoms with E-state index < -0.39 is 12.0 Å². The molecule has 1 atom stereocenters. The standard InChI is InChI=1S/C15H21NO4/c1-15(2,10-4-3-5-13(18)16-20)14(19)11-6-8-12(17)9-7-11/h3,5-9,14,17,19-20H,4,10H2,1-2H3,(H,16,18)/b5-3+/t14-/m1/s1. The van der Waals surface area contributed by atoms with E-state index in [0.717, 1.165) is 5.56 Å². The van der Waals surface area contributed by atoms with Gasteiger partial charge in [-0.25, -0.2) is 5.48 Å². The van der Waals surface area contributed by atoms with Crippen molar-refractivity contribution in [3.63, 3.8) is 0 Å². The highest BCUT2D eigenvalue weighted by Crippen LogP contribution is 2.37. The van der Waals surface area contributed by atoms with Crippen LogP contribution in [-0.4, -0.2) is 21.3 Å². The van der Waals surface area contributed by atoms with Crippen LogP contribution in [-0.2, 0) is 4.79 Å². The van der Waals surface area contributed by atoms with Crippen molar-refractivity contribution in [2.24, 2.45) is 5.41 Å². The first-order chi connectivity index (χ1) is 9.36. The summed E-state index contributed by atoms with van der Waals surface area (Å²) < 4.78 is 0. The van der Waals surface area contributed by atoms with Gasteiger partial charge in [-0.2, -0.15) is 0 Å². The molecule has 0 aromatic heterocycles. The van der Waals surface area contributed by atoms with Gasteiger partial charge in [0.2, 0.25) is 0 Å². The minimum Gasteiger partial charge on any atom is -0.508 e. The molecular formula is C15H21NO4.